The van der Waals surface area contributed by atoms with Gasteiger partial charge < -0.3 is 14.8 Å². The van der Waals surface area contributed by atoms with Crippen molar-refractivity contribution >= 4 is 18.0 Å². The van der Waals surface area contributed by atoms with Gasteiger partial charge in [0, 0.05) is 6.54 Å². The van der Waals surface area contributed by atoms with E-state index in [1.807, 2.05) is 20.8 Å². The molecule has 0 aromatic heterocycles. The Bertz CT molecular complexity index is 900. The molecule has 2 N–H and O–H groups in total. The van der Waals surface area contributed by atoms with Crippen LogP contribution in [0.4, 0.5) is 4.39 Å². The zero-order chi connectivity index (χ0) is 21.9. The smallest absolute Gasteiger partial charge is 0.329 e. The van der Waals surface area contributed by atoms with Crippen LogP contribution in [-0.2, 0) is 16.2 Å². The van der Waals surface area contributed by atoms with Gasteiger partial charge in [0.1, 0.15) is 12.4 Å². The van der Waals surface area contributed by atoms with Gasteiger partial charge in [-0.05, 0) is 54.3 Å². The van der Waals surface area contributed by atoms with Crippen molar-refractivity contribution in [2.45, 2.75) is 27.4 Å². The summed E-state index contributed by atoms with van der Waals surface area (Å²) in [6.07, 6.45) is 1.40. The van der Waals surface area contributed by atoms with E-state index in [-0.39, 0.29) is 18.3 Å². The lowest BCUT2D eigenvalue weighted by Gasteiger charge is -2.12. The number of ether oxygens (including phenoxy) is 2. The minimum atomic E-state index is -0.841. The molecule has 0 saturated heterocycles. The minimum Gasteiger partial charge on any atom is -0.490 e. The Morgan fingerprint density at radius 1 is 1.10 bits per heavy atom. The van der Waals surface area contributed by atoms with Gasteiger partial charge >= 0.3 is 11.8 Å². The van der Waals surface area contributed by atoms with E-state index in [1.54, 1.807) is 30.3 Å². The molecular formula is C22H26FN3O4. The highest BCUT2D eigenvalue weighted by Crippen LogP contribution is 2.29. The lowest BCUT2D eigenvalue weighted by Crippen LogP contribution is -2.39. The molecule has 7 nitrogen and oxygen atoms in total. The minimum absolute atomic E-state index is 0.187. The van der Waals surface area contributed by atoms with Crippen LogP contribution in [0.5, 0.6) is 11.5 Å². The van der Waals surface area contributed by atoms with Gasteiger partial charge in [0.15, 0.2) is 11.5 Å². The number of carbonyl (C=O) groups excluding carboxylic acids is 2. The maximum absolute atomic E-state index is 13.3. The van der Waals surface area contributed by atoms with Crippen molar-refractivity contribution < 1.29 is 23.5 Å². The van der Waals surface area contributed by atoms with Crippen molar-refractivity contribution in [2.24, 2.45) is 11.0 Å². The van der Waals surface area contributed by atoms with E-state index in [4.69, 9.17) is 9.47 Å². The van der Waals surface area contributed by atoms with Gasteiger partial charge in [-0.1, -0.05) is 26.0 Å². The van der Waals surface area contributed by atoms with Crippen molar-refractivity contribution in [3.8, 4) is 11.5 Å². The molecule has 2 aromatic carbocycles. The quantitative estimate of drug-likeness (QED) is 0.374. The van der Waals surface area contributed by atoms with Crippen LogP contribution in [0, 0.1) is 11.7 Å². The number of hydrazone groups is 1. The number of nitrogens with one attached hydrogen (secondary N) is 2. The number of hydrogen-bond acceptors (Lipinski definition) is 5. The van der Waals surface area contributed by atoms with Gasteiger partial charge in [-0.3, -0.25) is 9.59 Å². The summed E-state index contributed by atoms with van der Waals surface area (Å²) in [5.74, 6) is -0.686. The molecular weight excluding hydrogens is 389 g/mol. The number of halogens is 1. The third-order valence-electron chi connectivity index (χ3n) is 3.81. The van der Waals surface area contributed by atoms with E-state index in [0.717, 1.165) is 0 Å². The van der Waals surface area contributed by atoms with E-state index in [2.05, 4.69) is 15.8 Å². The highest BCUT2D eigenvalue weighted by atomic mass is 19.1. The van der Waals surface area contributed by atoms with Crippen molar-refractivity contribution in [2.75, 3.05) is 13.2 Å². The summed E-state index contributed by atoms with van der Waals surface area (Å²) in [7, 11) is 0. The summed E-state index contributed by atoms with van der Waals surface area (Å²) in [6, 6.07) is 11.3. The van der Waals surface area contributed by atoms with Crippen LogP contribution in [0.1, 0.15) is 31.9 Å². The molecule has 160 valence electrons. The molecule has 0 unspecified atom stereocenters. The molecule has 0 aliphatic heterocycles. The standard InChI is InChI=1S/C22H26FN3O4/c1-4-29-20-11-16(13-25-26-22(28)21(27)24-12-15(2)3)8-9-19(20)30-14-17-6-5-7-18(23)10-17/h5-11,13,15H,4,12,14H2,1-3H3,(H,24,27)(H,26,28)/b25-13-. The number of amides is 2. The second-order valence-corrected chi connectivity index (χ2v) is 6.86. The Morgan fingerprint density at radius 3 is 2.60 bits per heavy atom. The molecule has 0 heterocycles. The molecule has 0 spiro atoms. The Morgan fingerprint density at radius 2 is 1.90 bits per heavy atom. The molecule has 0 bridgehead atoms. The molecule has 0 aliphatic carbocycles. The van der Waals surface area contributed by atoms with Gasteiger partial charge in [-0.15, -0.1) is 0 Å². The van der Waals surface area contributed by atoms with Gasteiger partial charge in [0.05, 0.1) is 12.8 Å². The van der Waals surface area contributed by atoms with Crippen molar-refractivity contribution in [3.05, 3.63) is 59.4 Å². The number of nitrogens with zero attached hydrogens (tertiary/aromatic N) is 1. The van der Waals surface area contributed by atoms with Crippen molar-refractivity contribution in [1.82, 2.24) is 10.7 Å². The zero-order valence-corrected chi connectivity index (χ0v) is 17.3. The topological polar surface area (TPSA) is 89.0 Å². The second-order valence-electron chi connectivity index (χ2n) is 6.86. The number of benzene rings is 2. The number of carbonyl (C=O) groups is 2. The summed E-state index contributed by atoms with van der Waals surface area (Å²) in [5, 5.41) is 6.31. The summed E-state index contributed by atoms with van der Waals surface area (Å²) >= 11 is 0. The van der Waals surface area contributed by atoms with Gasteiger partial charge in [-0.25, -0.2) is 9.82 Å². The lowest BCUT2D eigenvalue weighted by molar-refractivity contribution is -0.139. The molecule has 0 atom stereocenters. The first-order valence-corrected chi connectivity index (χ1v) is 9.64. The predicted octanol–water partition coefficient (Wildman–Crippen LogP) is 3.03. The van der Waals surface area contributed by atoms with E-state index in [9.17, 15) is 14.0 Å². The summed E-state index contributed by atoms with van der Waals surface area (Å²) in [5.41, 5.74) is 3.52. The summed E-state index contributed by atoms with van der Waals surface area (Å²) < 4.78 is 24.6. The first-order chi connectivity index (χ1) is 14.4. The Kier molecular flexibility index (Phi) is 8.80. The van der Waals surface area contributed by atoms with E-state index < -0.39 is 11.8 Å². The first-order valence-electron chi connectivity index (χ1n) is 9.64. The maximum atomic E-state index is 13.3. The molecule has 0 aliphatic rings. The summed E-state index contributed by atoms with van der Waals surface area (Å²) in [4.78, 5) is 23.3. The number of hydrogen-bond donors (Lipinski definition) is 2. The third-order valence-corrected chi connectivity index (χ3v) is 3.81. The van der Waals surface area contributed by atoms with Crippen molar-refractivity contribution in [1.29, 1.82) is 0 Å². The van der Waals surface area contributed by atoms with E-state index in [1.165, 1.54) is 18.3 Å². The molecule has 0 radical (unpaired) electrons. The van der Waals surface area contributed by atoms with Crippen LogP contribution in [0.3, 0.4) is 0 Å². The molecule has 30 heavy (non-hydrogen) atoms. The average molecular weight is 415 g/mol. The SMILES string of the molecule is CCOc1cc(/C=N\NC(=O)C(=O)NCC(C)C)ccc1OCc1cccc(F)c1. The Labute approximate surface area is 175 Å². The van der Waals surface area contributed by atoms with Crippen LogP contribution in [-0.4, -0.2) is 31.2 Å². The zero-order valence-electron chi connectivity index (χ0n) is 17.3. The molecule has 2 aromatic rings. The second kappa shape index (κ2) is 11.5. The highest BCUT2D eigenvalue weighted by Gasteiger charge is 2.12. The third kappa shape index (κ3) is 7.54. The molecule has 0 saturated carbocycles. The fraction of sp³-hybridized carbons (Fsp3) is 0.318. The van der Waals surface area contributed by atoms with Gasteiger partial charge in [0.25, 0.3) is 0 Å². The van der Waals surface area contributed by atoms with E-state index in [0.29, 0.717) is 35.8 Å². The number of rotatable bonds is 9. The van der Waals surface area contributed by atoms with Crippen LogP contribution >= 0.6 is 0 Å². The Balaban J connectivity index is 1.98. The highest BCUT2D eigenvalue weighted by molar-refractivity contribution is 6.35. The van der Waals surface area contributed by atoms with Crippen LogP contribution < -0.4 is 20.2 Å². The molecule has 8 heteroatoms. The van der Waals surface area contributed by atoms with Crippen LogP contribution in [0.15, 0.2) is 47.6 Å². The van der Waals surface area contributed by atoms with Gasteiger partial charge in [-0.2, -0.15) is 5.10 Å². The maximum Gasteiger partial charge on any atom is 0.329 e. The Hall–Kier alpha value is -3.42. The predicted molar refractivity (Wildman–Crippen MR) is 112 cm³/mol. The average Bonchev–Trinajstić information content (AvgIpc) is 2.71. The molecule has 2 amide bonds. The fourth-order valence-electron chi connectivity index (χ4n) is 2.37. The van der Waals surface area contributed by atoms with Crippen LogP contribution in [0.25, 0.3) is 0 Å². The lowest BCUT2D eigenvalue weighted by atomic mass is 10.2. The van der Waals surface area contributed by atoms with Crippen LogP contribution in [0.2, 0.25) is 0 Å². The molecule has 0 fully saturated rings. The normalized spacial score (nSPS) is 10.8. The monoisotopic (exact) mass is 415 g/mol. The molecule has 2 rings (SSSR count). The fourth-order valence-corrected chi connectivity index (χ4v) is 2.37. The van der Waals surface area contributed by atoms with Crippen molar-refractivity contribution in [3.63, 3.8) is 0 Å². The largest absolute Gasteiger partial charge is 0.490 e. The first kappa shape index (κ1) is 22.9. The van der Waals surface area contributed by atoms with Gasteiger partial charge in [0.2, 0.25) is 0 Å². The summed E-state index contributed by atoms with van der Waals surface area (Å²) in [6.45, 7) is 6.71. The van der Waals surface area contributed by atoms with E-state index >= 15 is 0 Å².